The third kappa shape index (κ3) is 12.4. The van der Waals surface area contributed by atoms with Crippen LogP contribution in [0, 0.1) is 0 Å². The van der Waals surface area contributed by atoms with Crippen LogP contribution in [-0.4, -0.2) is 137 Å². The molecule has 0 aliphatic rings. The molecule has 0 aliphatic carbocycles. The number of fused-ring (bicyclic) bond motifs is 3. The molecule has 0 spiro atoms. The predicted octanol–water partition coefficient (Wildman–Crippen LogP) is 10.2. The lowest BCUT2D eigenvalue weighted by atomic mass is 9.85. The van der Waals surface area contributed by atoms with E-state index in [0.29, 0.717) is 115 Å². The zero-order valence-electron chi connectivity index (χ0n) is 53.0. The normalized spacial score (nSPS) is 14.1. The van der Waals surface area contributed by atoms with Gasteiger partial charge in [-0.2, -0.15) is 15.3 Å². The topological polar surface area (TPSA) is 286 Å². The van der Waals surface area contributed by atoms with Crippen LogP contribution < -0.4 is 0 Å². The SMILES string of the molecule is CCn1nc(-c2ccc(-c3cc(C(C)(C)N(CC(C)(O)c4ccnc(-c5cnc(-c6nn(CC)c7ccc(S(C)=O)cc67)nc5)c4)CC(C)(O)c4ccnc(-c5cnc(-c6nn(CC)c7ccc(S(C)(=O)=O)cc67)nc5)c4)ccn3)cn2)c2cc(S(=O)(=O)CC)ccc21. The van der Waals surface area contributed by atoms with Crippen molar-refractivity contribution in [3.63, 3.8) is 0 Å². The van der Waals surface area contributed by atoms with Gasteiger partial charge in [0.15, 0.2) is 31.3 Å². The second kappa shape index (κ2) is 24.7. The van der Waals surface area contributed by atoms with Gasteiger partial charge in [-0.3, -0.25) is 43.1 Å². The van der Waals surface area contributed by atoms with Gasteiger partial charge in [0, 0.05) is 149 Å². The molecule has 0 aliphatic heterocycles. The number of hydrogen-bond acceptors (Lipinski definition) is 19. The Morgan fingerprint density at radius 1 is 0.473 bits per heavy atom. The Kier molecular flexibility index (Phi) is 16.9. The highest BCUT2D eigenvalue weighted by molar-refractivity contribution is 7.91. The van der Waals surface area contributed by atoms with Gasteiger partial charge in [0.05, 0.1) is 66.1 Å². The number of aromatic nitrogens is 14. The van der Waals surface area contributed by atoms with Crippen LogP contribution in [0.25, 0.3) is 101 Å². The van der Waals surface area contributed by atoms with Crippen LogP contribution in [0.4, 0.5) is 0 Å². The Balaban J connectivity index is 0.872. The zero-order valence-corrected chi connectivity index (χ0v) is 55.5. The van der Waals surface area contributed by atoms with Crippen LogP contribution in [0.5, 0.6) is 0 Å². The van der Waals surface area contributed by atoms with Crippen LogP contribution in [0.1, 0.15) is 72.1 Å². The van der Waals surface area contributed by atoms with Crippen LogP contribution in [-0.2, 0) is 66.8 Å². The van der Waals surface area contributed by atoms with E-state index in [2.05, 4.69) is 4.98 Å². The fourth-order valence-electron chi connectivity index (χ4n) is 11.7. The Morgan fingerprint density at radius 2 is 0.892 bits per heavy atom. The van der Waals surface area contributed by atoms with E-state index in [1.165, 1.54) is 0 Å². The summed E-state index contributed by atoms with van der Waals surface area (Å²) in [5.74, 6) is 0.644. The maximum absolute atomic E-state index is 13.0. The van der Waals surface area contributed by atoms with Crippen molar-refractivity contribution in [1.82, 2.24) is 74.1 Å². The molecule has 476 valence electrons. The summed E-state index contributed by atoms with van der Waals surface area (Å²) in [5, 5.41) is 42.4. The predicted molar refractivity (Wildman–Crippen MR) is 358 cm³/mol. The number of sulfone groups is 2. The van der Waals surface area contributed by atoms with E-state index < -0.39 is 47.2 Å². The van der Waals surface area contributed by atoms with E-state index in [1.807, 2.05) is 97.4 Å². The van der Waals surface area contributed by atoms with Crippen LogP contribution >= 0.6 is 0 Å². The fourth-order valence-corrected chi connectivity index (χ4v) is 13.8. The monoisotopic (exact) mass is 1300 g/mol. The van der Waals surface area contributed by atoms with Gasteiger partial charge < -0.3 is 10.2 Å². The summed E-state index contributed by atoms with van der Waals surface area (Å²) in [6.07, 6.45) is 16.1. The lowest BCUT2D eigenvalue weighted by Gasteiger charge is -2.46. The average molecular weight is 1300 g/mol. The first-order valence-electron chi connectivity index (χ1n) is 30.3. The van der Waals surface area contributed by atoms with Gasteiger partial charge >= 0.3 is 0 Å². The number of aryl methyl sites for hydroxylation is 3. The summed E-state index contributed by atoms with van der Waals surface area (Å²) in [6, 6.07) is 30.3. The van der Waals surface area contributed by atoms with Crippen molar-refractivity contribution in [2.45, 2.75) is 106 Å². The first-order chi connectivity index (χ1) is 44.3. The molecule has 22 nitrogen and oxygen atoms in total. The second-order valence-corrected chi connectivity index (χ2v) is 29.6. The summed E-state index contributed by atoms with van der Waals surface area (Å²) < 4.78 is 69.1. The van der Waals surface area contributed by atoms with Crippen LogP contribution in [0.2, 0.25) is 0 Å². The van der Waals surface area contributed by atoms with E-state index in [9.17, 15) is 31.3 Å². The summed E-state index contributed by atoms with van der Waals surface area (Å²) in [5.41, 5.74) is 5.68. The zero-order chi connectivity index (χ0) is 65.9. The second-order valence-electron chi connectivity index (χ2n) is 23.9. The van der Waals surface area contributed by atoms with Gasteiger partial charge in [-0.15, -0.1) is 0 Å². The van der Waals surface area contributed by atoms with E-state index >= 15 is 0 Å². The van der Waals surface area contributed by atoms with Crippen molar-refractivity contribution in [2.75, 3.05) is 31.4 Å². The molecule has 9 aromatic heterocycles. The fraction of sp³-hybridized carbons (Fsp3) is 0.279. The molecule has 3 unspecified atom stereocenters. The van der Waals surface area contributed by atoms with Gasteiger partial charge in [-0.1, -0.05) is 6.92 Å². The molecule has 2 N–H and O–H groups in total. The molecule has 3 atom stereocenters. The number of nitrogens with zero attached hydrogens (tertiary/aromatic N) is 15. The number of rotatable bonds is 21. The maximum Gasteiger partial charge on any atom is 0.180 e. The smallest absolute Gasteiger partial charge is 0.180 e. The van der Waals surface area contributed by atoms with Crippen molar-refractivity contribution in [3.05, 3.63) is 169 Å². The summed E-state index contributed by atoms with van der Waals surface area (Å²) in [6.45, 7) is 16.7. The molecule has 12 rings (SSSR count). The molecule has 0 saturated carbocycles. The van der Waals surface area contributed by atoms with E-state index in [1.54, 1.807) is 136 Å². The minimum atomic E-state index is -3.51. The van der Waals surface area contributed by atoms with Crippen molar-refractivity contribution in [1.29, 1.82) is 0 Å². The summed E-state index contributed by atoms with van der Waals surface area (Å²) in [4.78, 5) is 41.0. The Labute approximate surface area is 540 Å². The number of hydrogen-bond donors (Lipinski definition) is 2. The standard InChI is InChI=1S/C68H69N15O7S3/c1-11-81-59-22-18-50(93(89,90)14-4)34-52(59)61(77-81)54-19-15-42(35-72-54)55-29-45(23-26-69-55)66(5,6)80(40-67(7,84)46-24-27-70-56(30-46)43-36-73-64(74-37-43)62-51-32-48(91(9)86)16-20-58(51)82(12-2)78-62)41-68(8,85)47-25-28-71-57(31-47)44-38-75-65(76-39-44)63-53-33-49(92(10,87)88)17-21-60(53)83(13-3)79-63/h15-39,84-85H,11-14,40-41H2,1-10H3. The molecule has 0 radical (unpaired) electrons. The molecular formula is C68H69N15O7S3. The van der Waals surface area contributed by atoms with Gasteiger partial charge in [0.25, 0.3) is 0 Å². The maximum atomic E-state index is 13.0. The number of benzene rings is 3. The summed E-state index contributed by atoms with van der Waals surface area (Å²) in [7, 11) is -8.22. The number of pyridine rings is 4. The molecule has 0 amide bonds. The van der Waals surface area contributed by atoms with Crippen molar-refractivity contribution in [2.24, 2.45) is 0 Å². The molecule has 25 heteroatoms. The first kappa shape index (κ1) is 63.9. The molecule has 0 fully saturated rings. The van der Waals surface area contributed by atoms with Gasteiger partial charge in [-0.25, -0.2) is 36.8 Å². The van der Waals surface area contributed by atoms with E-state index in [4.69, 9.17) is 50.2 Å². The van der Waals surface area contributed by atoms with E-state index in [0.717, 1.165) is 33.8 Å². The van der Waals surface area contributed by atoms with Gasteiger partial charge in [0.2, 0.25) is 0 Å². The molecule has 3 aromatic carbocycles. The Hall–Kier alpha value is -9.24. The van der Waals surface area contributed by atoms with Crippen LogP contribution in [0.3, 0.4) is 0 Å². The highest BCUT2D eigenvalue weighted by Crippen LogP contribution is 2.39. The van der Waals surface area contributed by atoms with Crippen molar-refractivity contribution in [3.8, 4) is 68.2 Å². The van der Waals surface area contributed by atoms with E-state index in [-0.39, 0.29) is 28.6 Å². The molecule has 0 bridgehead atoms. The van der Waals surface area contributed by atoms with Gasteiger partial charge in [-0.05, 0) is 168 Å². The molecule has 93 heavy (non-hydrogen) atoms. The molecule has 0 saturated heterocycles. The third-order valence-electron chi connectivity index (χ3n) is 17.2. The molecular weight excluding hydrogens is 1240 g/mol. The third-order valence-corrected chi connectivity index (χ3v) is 21.0. The quantitative estimate of drug-likeness (QED) is 0.0676. The van der Waals surface area contributed by atoms with Crippen molar-refractivity contribution < 1.29 is 31.3 Å². The Bertz CT molecular complexity index is 5110. The minimum absolute atomic E-state index is 0.0122. The van der Waals surface area contributed by atoms with Gasteiger partial charge in [0.1, 0.15) is 17.1 Å². The molecule has 9 heterocycles. The lowest BCUT2D eigenvalue weighted by Crippen LogP contribution is -2.53. The average Bonchev–Trinajstić information content (AvgIpc) is 1.77. The van der Waals surface area contributed by atoms with Crippen molar-refractivity contribution >= 4 is 63.2 Å². The molecule has 12 aromatic rings. The number of aliphatic hydroxyl groups is 2. The first-order valence-corrected chi connectivity index (χ1v) is 35.4. The highest BCUT2D eigenvalue weighted by atomic mass is 32.2. The minimum Gasteiger partial charge on any atom is -0.384 e. The summed E-state index contributed by atoms with van der Waals surface area (Å²) >= 11 is 0. The van der Waals surface area contributed by atoms with Crippen LogP contribution in [0.15, 0.2) is 167 Å². The highest BCUT2D eigenvalue weighted by Gasteiger charge is 2.40. The lowest BCUT2D eigenvalue weighted by molar-refractivity contribution is -0.0648. The Morgan fingerprint density at radius 3 is 1.35 bits per heavy atom. The largest absolute Gasteiger partial charge is 0.384 e.